The minimum Gasteiger partial charge on any atom is -0.507 e. The lowest BCUT2D eigenvalue weighted by Gasteiger charge is -2.23. The van der Waals surface area contributed by atoms with Crippen LogP contribution < -0.4 is 9.47 Å². The SMILES string of the molecule is Cc1ccc(C2/C(=C(/O)c3ccc4c(c3)OCCO4)C(=O)C(=O)N2Cc2cccs2)o1. The van der Waals surface area contributed by atoms with Crippen LogP contribution in [0.2, 0.25) is 0 Å². The second-order valence-corrected chi connectivity index (χ2v) is 8.35. The van der Waals surface area contributed by atoms with Crippen LogP contribution in [-0.4, -0.2) is 34.9 Å². The lowest BCUT2D eigenvalue weighted by molar-refractivity contribution is -0.140. The number of aliphatic hydroxyl groups is 1. The smallest absolute Gasteiger partial charge is 0.296 e. The molecule has 4 heterocycles. The lowest BCUT2D eigenvalue weighted by atomic mass is 9.99. The Balaban J connectivity index is 1.62. The molecule has 0 radical (unpaired) electrons. The first-order valence-corrected chi connectivity index (χ1v) is 10.7. The van der Waals surface area contributed by atoms with E-state index in [9.17, 15) is 14.7 Å². The molecule has 158 valence electrons. The summed E-state index contributed by atoms with van der Waals surface area (Å²) in [6, 6.07) is 11.4. The molecule has 0 aliphatic carbocycles. The van der Waals surface area contributed by atoms with Crippen molar-refractivity contribution >= 4 is 28.8 Å². The molecule has 1 N–H and O–H groups in total. The van der Waals surface area contributed by atoms with Gasteiger partial charge in [-0.05, 0) is 48.7 Å². The van der Waals surface area contributed by atoms with Gasteiger partial charge in [0.15, 0.2) is 11.5 Å². The zero-order valence-corrected chi connectivity index (χ0v) is 17.5. The van der Waals surface area contributed by atoms with Gasteiger partial charge in [0.05, 0.1) is 12.1 Å². The highest BCUT2D eigenvalue weighted by Crippen LogP contribution is 2.42. The van der Waals surface area contributed by atoms with E-state index < -0.39 is 17.7 Å². The third-order valence-electron chi connectivity index (χ3n) is 5.29. The van der Waals surface area contributed by atoms with Crippen LogP contribution in [0.25, 0.3) is 5.76 Å². The first kappa shape index (κ1) is 19.4. The molecule has 0 spiro atoms. The summed E-state index contributed by atoms with van der Waals surface area (Å²) >= 11 is 1.49. The first-order valence-electron chi connectivity index (χ1n) is 9.80. The molecule has 2 aliphatic heterocycles. The Morgan fingerprint density at radius 1 is 1.13 bits per heavy atom. The molecule has 8 heteroatoms. The van der Waals surface area contributed by atoms with Crippen molar-refractivity contribution in [2.75, 3.05) is 13.2 Å². The summed E-state index contributed by atoms with van der Waals surface area (Å²) in [5.41, 5.74) is 0.360. The van der Waals surface area contributed by atoms with Crippen molar-refractivity contribution in [3.63, 3.8) is 0 Å². The summed E-state index contributed by atoms with van der Waals surface area (Å²) in [5.74, 6) is 0.425. The largest absolute Gasteiger partial charge is 0.507 e. The number of carbonyl (C=O) groups excluding carboxylic acids is 2. The highest BCUT2D eigenvalue weighted by Gasteiger charge is 2.47. The zero-order valence-electron chi connectivity index (χ0n) is 16.7. The van der Waals surface area contributed by atoms with Gasteiger partial charge < -0.3 is 23.9 Å². The van der Waals surface area contributed by atoms with E-state index in [1.807, 2.05) is 17.5 Å². The average Bonchev–Trinajstić information content (AvgIpc) is 3.50. The molecule has 5 rings (SSSR count). The molecule has 31 heavy (non-hydrogen) atoms. The molecule has 1 fully saturated rings. The fraction of sp³-hybridized carbons (Fsp3) is 0.217. The number of nitrogens with zero attached hydrogens (tertiary/aromatic N) is 1. The number of benzene rings is 1. The van der Waals surface area contributed by atoms with E-state index in [1.165, 1.54) is 16.2 Å². The fourth-order valence-electron chi connectivity index (χ4n) is 3.86. The molecule has 1 atom stereocenters. The van der Waals surface area contributed by atoms with Crippen LogP contribution in [-0.2, 0) is 16.1 Å². The molecule has 2 aliphatic rings. The summed E-state index contributed by atoms with van der Waals surface area (Å²) in [7, 11) is 0. The predicted molar refractivity (Wildman–Crippen MR) is 113 cm³/mol. The van der Waals surface area contributed by atoms with Crippen molar-refractivity contribution in [2.45, 2.75) is 19.5 Å². The van der Waals surface area contributed by atoms with Crippen LogP contribution in [0.5, 0.6) is 11.5 Å². The molecule has 0 saturated carbocycles. The molecule has 2 aromatic heterocycles. The van der Waals surface area contributed by atoms with Crippen LogP contribution >= 0.6 is 11.3 Å². The number of carbonyl (C=O) groups is 2. The zero-order chi connectivity index (χ0) is 21.5. The number of aliphatic hydroxyl groups excluding tert-OH is 1. The van der Waals surface area contributed by atoms with Crippen LogP contribution in [0, 0.1) is 6.92 Å². The van der Waals surface area contributed by atoms with Gasteiger partial charge in [-0.25, -0.2) is 0 Å². The second kappa shape index (κ2) is 7.63. The quantitative estimate of drug-likeness (QED) is 0.376. The van der Waals surface area contributed by atoms with E-state index in [0.717, 1.165) is 4.88 Å². The highest BCUT2D eigenvalue weighted by atomic mass is 32.1. The average molecular weight is 437 g/mol. The Hall–Kier alpha value is -3.52. The number of Topliss-reactive ketones (excluding diaryl/α,β-unsaturated/α-hetero) is 1. The summed E-state index contributed by atoms with van der Waals surface area (Å²) in [6.45, 7) is 2.87. The minimum absolute atomic E-state index is 0.00687. The Bertz CT molecular complexity index is 1190. The summed E-state index contributed by atoms with van der Waals surface area (Å²) < 4.78 is 16.9. The molecule has 0 bridgehead atoms. The van der Waals surface area contributed by atoms with Gasteiger partial charge in [-0.2, -0.15) is 0 Å². The van der Waals surface area contributed by atoms with Gasteiger partial charge >= 0.3 is 0 Å². The third-order valence-corrected chi connectivity index (χ3v) is 6.15. The Kier molecular flexibility index (Phi) is 4.78. The molecular weight excluding hydrogens is 418 g/mol. The van der Waals surface area contributed by atoms with Crippen LogP contribution in [0.1, 0.15) is 28.0 Å². The molecule has 3 aromatic rings. The standard InChI is InChI=1S/C23H19NO6S/c1-13-4-6-17(30-13)20-19(22(26)23(27)24(20)12-15-3-2-10-31-15)21(25)14-5-7-16-18(11-14)29-9-8-28-16/h2-7,10-11,20,25H,8-9,12H2,1H3/b21-19-. The number of fused-ring (bicyclic) bond motifs is 1. The summed E-state index contributed by atoms with van der Waals surface area (Å²) in [6.07, 6.45) is 0. The molecule has 1 aromatic carbocycles. The molecule has 1 amide bonds. The topological polar surface area (TPSA) is 89.2 Å². The summed E-state index contributed by atoms with van der Waals surface area (Å²) in [5, 5.41) is 13.0. The minimum atomic E-state index is -0.830. The molecule has 7 nitrogen and oxygen atoms in total. The maximum atomic E-state index is 13.0. The number of furan rings is 1. The van der Waals surface area contributed by atoms with Crippen molar-refractivity contribution in [1.82, 2.24) is 4.90 Å². The van der Waals surface area contributed by atoms with E-state index in [1.54, 1.807) is 37.3 Å². The van der Waals surface area contributed by atoms with Crippen molar-refractivity contribution in [2.24, 2.45) is 0 Å². The van der Waals surface area contributed by atoms with E-state index >= 15 is 0 Å². The highest BCUT2D eigenvalue weighted by molar-refractivity contribution is 7.09. The van der Waals surface area contributed by atoms with Crippen LogP contribution in [0.4, 0.5) is 0 Å². The number of amides is 1. The number of rotatable bonds is 4. The van der Waals surface area contributed by atoms with Gasteiger partial charge in [-0.15, -0.1) is 11.3 Å². The second-order valence-electron chi connectivity index (χ2n) is 7.31. The summed E-state index contributed by atoms with van der Waals surface area (Å²) in [4.78, 5) is 28.4. The Morgan fingerprint density at radius 2 is 1.94 bits per heavy atom. The number of ether oxygens (including phenoxy) is 2. The van der Waals surface area contributed by atoms with Gasteiger partial charge in [0.25, 0.3) is 11.7 Å². The maximum absolute atomic E-state index is 13.0. The number of hydrogen-bond acceptors (Lipinski definition) is 7. The van der Waals surface area contributed by atoms with Crippen molar-refractivity contribution in [3.05, 3.63) is 75.4 Å². The molecular formula is C23H19NO6S. The van der Waals surface area contributed by atoms with Gasteiger partial charge in [0.1, 0.15) is 36.5 Å². The van der Waals surface area contributed by atoms with Crippen LogP contribution in [0.15, 0.2) is 57.8 Å². The van der Waals surface area contributed by atoms with Gasteiger partial charge in [0, 0.05) is 10.4 Å². The molecule has 1 unspecified atom stereocenters. The van der Waals surface area contributed by atoms with Gasteiger partial charge in [-0.1, -0.05) is 6.07 Å². The van der Waals surface area contributed by atoms with Gasteiger partial charge in [0.2, 0.25) is 0 Å². The first-order chi connectivity index (χ1) is 15.0. The van der Waals surface area contributed by atoms with E-state index in [-0.39, 0.29) is 17.9 Å². The van der Waals surface area contributed by atoms with Crippen molar-refractivity contribution in [3.8, 4) is 11.5 Å². The number of aryl methyl sites for hydroxylation is 1. The van der Waals surface area contributed by atoms with Crippen molar-refractivity contribution < 1.29 is 28.6 Å². The number of ketones is 1. The number of thiophene rings is 1. The van der Waals surface area contributed by atoms with Crippen LogP contribution in [0.3, 0.4) is 0 Å². The number of hydrogen-bond donors (Lipinski definition) is 1. The fourth-order valence-corrected chi connectivity index (χ4v) is 4.56. The Morgan fingerprint density at radius 3 is 2.65 bits per heavy atom. The maximum Gasteiger partial charge on any atom is 0.296 e. The molecule has 1 saturated heterocycles. The Labute approximate surface area is 182 Å². The van der Waals surface area contributed by atoms with E-state index in [0.29, 0.717) is 41.8 Å². The van der Waals surface area contributed by atoms with E-state index in [4.69, 9.17) is 13.9 Å². The third kappa shape index (κ3) is 3.38. The van der Waals surface area contributed by atoms with Crippen molar-refractivity contribution in [1.29, 1.82) is 0 Å². The predicted octanol–water partition coefficient (Wildman–Crippen LogP) is 4.04. The normalized spacial score (nSPS) is 19.8. The number of likely N-dealkylation sites (tertiary alicyclic amines) is 1. The lowest BCUT2D eigenvalue weighted by Crippen LogP contribution is -2.28. The monoisotopic (exact) mass is 437 g/mol. The van der Waals surface area contributed by atoms with E-state index in [2.05, 4.69) is 0 Å². The van der Waals surface area contributed by atoms with Gasteiger partial charge in [-0.3, -0.25) is 9.59 Å².